The van der Waals surface area contributed by atoms with Crippen LogP contribution in [-0.4, -0.2) is 66.9 Å². The van der Waals surface area contributed by atoms with Gasteiger partial charge in [0.2, 0.25) is 5.91 Å². The number of nitriles is 1. The molecule has 3 atom stereocenters. The quantitative estimate of drug-likeness (QED) is 0.738. The smallest absolute Gasteiger partial charge is 0.217 e. The van der Waals surface area contributed by atoms with E-state index in [2.05, 4.69) is 45.5 Å². The van der Waals surface area contributed by atoms with Gasteiger partial charge in [0.05, 0.1) is 30.4 Å². The van der Waals surface area contributed by atoms with Crippen LogP contribution in [0.5, 0.6) is 5.75 Å². The molecule has 2 fully saturated rings. The largest absolute Gasteiger partial charge is 0.473 e. The van der Waals surface area contributed by atoms with E-state index in [0.29, 0.717) is 17.9 Å². The van der Waals surface area contributed by atoms with Crippen molar-refractivity contribution in [1.82, 2.24) is 15.1 Å². The molecule has 2 aromatic rings. The first kappa shape index (κ1) is 21.3. The molecule has 0 radical (unpaired) electrons. The van der Waals surface area contributed by atoms with Crippen molar-refractivity contribution in [3.8, 4) is 11.8 Å². The van der Waals surface area contributed by atoms with Crippen LogP contribution in [-0.2, 0) is 16.1 Å². The fraction of sp³-hybridized carbons (Fsp3) is 0.417. The van der Waals surface area contributed by atoms with Crippen molar-refractivity contribution < 1.29 is 14.3 Å². The summed E-state index contributed by atoms with van der Waals surface area (Å²) >= 11 is 0. The number of amides is 1. The van der Waals surface area contributed by atoms with Gasteiger partial charge in [0.1, 0.15) is 5.75 Å². The van der Waals surface area contributed by atoms with Crippen molar-refractivity contribution >= 4 is 5.91 Å². The highest BCUT2D eigenvalue weighted by molar-refractivity contribution is 5.72. The van der Waals surface area contributed by atoms with E-state index in [1.165, 1.54) is 12.5 Å². The standard InChI is InChI=1S/C24H28N4O3/c1-18(29)26-12-24(31-21-9-7-19(11-25)8-10-21)28-16-22-14-27(15-23(17-28)30-22)13-20-5-3-2-4-6-20/h2-10,22-24H,12-17H2,1H3,(H,26,29). The minimum Gasteiger partial charge on any atom is -0.473 e. The minimum atomic E-state index is -0.300. The molecule has 162 valence electrons. The fourth-order valence-electron chi connectivity index (χ4n) is 4.26. The number of carbonyl (C=O) groups excluding carboxylic acids is 1. The van der Waals surface area contributed by atoms with Gasteiger partial charge in [-0.05, 0) is 29.8 Å². The molecule has 2 aliphatic rings. The van der Waals surface area contributed by atoms with Crippen LogP contribution in [0.15, 0.2) is 54.6 Å². The number of benzene rings is 2. The predicted molar refractivity (Wildman–Crippen MR) is 116 cm³/mol. The van der Waals surface area contributed by atoms with E-state index >= 15 is 0 Å². The monoisotopic (exact) mass is 420 g/mol. The van der Waals surface area contributed by atoms with Crippen LogP contribution in [0.1, 0.15) is 18.1 Å². The topological polar surface area (TPSA) is 77.8 Å². The lowest BCUT2D eigenvalue weighted by Gasteiger charge is -2.47. The summed E-state index contributed by atoms with van der Waals surface area (Å²) < 4.78 is 12.4. The summed E-state index contributed by atoms with van der Waals surface area (Å²) in [5.41, 5.74) is 1.90. The van der Waals surface area contributed by atoms with E-state index in [-0.39, 0.29) is 24.3 Å². The van der Waals surface area contributed by atoms with Crippen molar-refractivity contribution in [2.45, 2.75) is 31.9 Å². The Morgan fingerprint density at radius 1 is 1.13 bits per heavy atom. The number of rotatable bonds is 7. The van der Waals surface area contributed by atoms with E-state index in [4.69, 9.17) is 14.7 Å². The Labute approximate surface area is 183 Å². The maximum atomic E-state index is 11.5. The van der Waals surface area contributed by atoms with E-state index in [1.807, 2.05) is 6.07 Å². The lowest BCUT2D eigenvalue weighted by Crippen LogP contribution is -2.63. The summed E-state index contributed by atoms with van der Waals surface area (Å²) in [7, 11) is 0. The van der Waals surface area contributed by atoms with E-state index < -0.39 is 0 Å². The highest BCUT2D eigenvalue weighted by atomic mass is 16.5. The normalized spacial score (nSPS) is 22.3. The van der Waals surface area contributed by atoms with Gasteiger partial charge < -0.3 is 14.8 Å². The average Bonchev–Trinajstić information content (AvgIpc) is 2.77. The summed E-state index contributed by atoms with van der Waals surface area (Å²) in [5, 5.41) is 11.9. The van der Waals surface area contributed by atoms with Crippen LogP contribution in [0.2, 0.25) is 0 Å². The molecular weight excluding hydrogens is 392 g/mol. The molecule has 2 saturated heterocycles. The van der Waals surface area contributed by atoms with Crippen LogP contribution in [0.3, 0.4) is 0 Å². The number of morpholine rings is 2. The lowest BCUT2D eigenvalue weighted by molar-refractivity contribution is -0.165. The summed E-state index contributed by atoms with van der Waals surface area (Å²) in [4.78, 5) is 16.2. The second kappa shape index (κ2) is 9.92. The van der Waals surface area contributed by atoms with Gasteiger partial charge in [-0.3, -0.25) is 14.6 Å². The van der Waals surface area contributed by atoms with E-state index in [1.54, 1.807) is 24.3 Å². The van der Waals surface area contributed by atoms with Crippen LogP contribution < -0.4 is 10.1 Å². The molecule has 4 rings (SSSR count). The molecule has 2 aliphatic heterocycles. The molecule has 2 bridgehead atoms. The number of fused-ring (bicyclic) bond motifs is 2. The predicted octanol–water partition coefficient (Wildman–Crippen LogP) is 1.98. The van der Waals surface area contributed by atoms with Gasteiger partial charge in [-0.2, -0.15) is 5.26 Å². The molecule has 2 aromatic carbocycles. The number of nitrogens with one attached hydrogen (secondary N) is 1. The van der Waals surface area contributed by atoms with Crippen LogP contribution >= 0.6 is 0 Å². The number of nitrogens with zero attached hydrogens (tertiary/aromatic N) is 3. The molecule has 0 spiro atoms. The van der Waals surface area contributed by atoms with Crippen molar-refractivity contribution in [2.24, 2.45) is 0 Å². The van der Waals surface area contributed by atoms with E-state index in [9.17, 15) is 4.79 Å². The van der Waals surface area contributed by atoms with Crippen LogP contribution in [0.25, 0.3) is 0 Å². The first-order valence-corrected chi connectivity index (χ1v) is 10.7. The molecule has 1 amide bonds. The Kier molecular flexibility index (Phi) is 6.82. The summed E-state index contributed by atoms with van der Waals surface area (Å²) in [6.07, 6.45) is -0.104. The Balaban J connectivity index is 1.41. The highest BCUT2D eigenvalue weighted by Crippen LogP contribution is 2.24. The van der Waals surface area contributed by atoms with Gasteiger partial charge in [-0.25, -0.2) is 0 Å². The fourth-order valence-corrected chi connectivity index (χ4v) is 4.26. The zero-order chi connectivity index (χ0) is 21.6. The van der Waals surface area contributed by atoms with Gasteiger partial charge in [0.25, 0.3) is 0 Å². The average molecular weight is 421 g/mol. The second-order valence-electron chi connectivity index (χ2n) is 8.16. The third kappa shape index (κ3) is 5.82. The third-order valence-electron chi connectivity index (χ3n) is 5.62. The number of hydrogen-bond acceptors (Lipinski definition) is 6. The molecule has 1 N–H and O–H groups in total. The number of hydrogen-bond donors (Lipinski definition) is 1. The first-order valence-electron chi connectivity index (χ1n) is 10.7. The van der Waals surface area contributed by atoms with Gasteiger partial charge in [-0.1, -0.05) is 30.3 Å². The van der Waals surface area contributed by atoms with Crippen molar-refractivity contribution in [3.05, 3.63) is 65.7 Å². The number of carbonyl (C=O) groups is 1. The molecule has 0 aliphatic carbocycles. The molecule has 3 unspecified atom stereocenters. The zero-order valence-corrected chi connectivity index (χ0v) is 17.7. The molecule has 7 heteroatoms. The maximum Gasteiger partial charge on any atom is 0.217 e. The second-order valence-corrected chi connectivity index (χ2v) is 8.16. The van der Waals surface area contributed by atoms with Gasteiger partial charge in [-0.15, -0.1) is 0 Å². The number of ether oxygens (including phenoxy) is 2. The Morgan fingerprint density at radius 2 is 1.81 bits per heavy atom. The maximum absolute atomic E-state index is 11.5. The zero-order valence-electron chi connectivity index (χ0n) is 17.7. The molecule has 0 aromatic heterocycles. The summed E-state index contributed by atoms with van der Waals surface area (Å²) in [6, 6.07) is 19.7. The molecule has 7 nitrogen and oxygen atoms in total. The van der Waals surface area contributed by atoms with Gasteiger partial charge in [0.15, 0.2) is 6.23 Å². The Morgan fingerprint density at radius 3 is 2.42 bits per heavy atom. The van der Waals surface area contributed by atoms with Gasteiger partial charge >= 0.3 is 0 Å². The lowest BCUT2D eigenvalue weighted by atomic mass is 10.1. The Bertz CT molecular complexity index is 899. The van der Waals surface area contributed by atoms with Crippen molar-refractivity contribution in [2.75, 3.05) is 32.7 Å². The SMILES string of the molecule is CC(=O)NCC(Oc1ccc(C#N)cc1)N1CC2CN(Cc3ccccc3)CC(C1)O2. The molecule has 0 saturated carbocycles. The van der Waals surface area contributed by atoms with Crippen LogP contribution in [0.4, 0.5) is 0 Å². The van der Waals surface area contributed by atoms with Crippen molar-refractivity contribution in [3.63, 3.8) is 0 Å². The molecular formula is C24H28N4O3. The highest BCUT2D eigenvalue weighted by Gasteiger charge is 2.38. The minimum absolute atomic E-state index is 0.0871. The molecule has 2 heterocycles. The van der Waals surface area contributed by atoms with Crippen molar-refractivity contribution in [1.29, 1.82) is 5.26 Å². The van der Waals surface area contributed by atoms with Crippen LogP contribution in [0, 0.1) is 11.3 Å². The third-order valence-corrected chi connectivity index (χ3v) is 5.62. The first-order chi connectivity index (χ1) is 15.1. The summed E-state index contributed by atoms with van der Waals surface area (Å²) in [5.74, 6) is 0.590. The summed E-state index contributed by atoms with van der Waals surface area (Å²) in [6.45, 7) is 6.03. The van der Waals surface area contributed by atoms with Gasteiger partial charge in [0, 0.05) is 39.6 Å². The molecule has 31 heavy (non-hydrogen) atoms. The van der Waals surface area contributed by atoms with E-state index in [0.717, 1.165) is 32.7 Å². The Hall–Kier alpha value is -2.92.